The molecular formula is C20H20N4O4S2. The van der Waals surface area contributed by atoms with E-state index in [-0.39, 0.29) is 17.2 Å². The molecule has 4 rings (SSSR count). The number of carbonyl (C=O) groups is 1. The molecule has 0 radical (unpaired) electrons. The normalized spacial score (nSPS) is 14.3. The standard InChI is InChI=1S/C20H20N4O4S2/c1-10-9-12(24(27)28)7-8-14(10)21-17(25)11(2)29-20-22-18(26)16-13-5-3-4-6-15(13)30-19(16)23-20/h7-9,11H,3-6H2,1-2H3,(H,21,25)(H,22,23,26)/t11-/m0/s1. The smallest absolute Gasteiger partial charge is 0.269 e. The van der Waals surface area contributed by atoms with Crippen molar-refractivity contribution < 1.29 is 9.72 Å². The first-order valence-corrected chi connectivity index (χ1v) is 11.3. The highest BCUT2D eigenvalue weighted by atomic mass is 32.2. The third kappa shape index (κ3) is 3.97. The van der Waals surface area contributed by atoms with Gasteiger partial charge in [0.2, 0.25) is 5.91 Å². The van der Waals surface area contributed by atoms with Crippen LogP contribution in [0.2, 0.25) is 0 Å². The van der Waals surface area contributed by atoms with E-state index >= 15 is 0 Å². The molecule has 1 amide bonds. The van der Waals surface area contributed by atoms with Crippen molar-refractivity contribution in [3.63, 3.8) is 0 Å². The van der Waals surface area contributed by atoms with E-state index in [0.29, 0.717) is 21.8 Å². The van der Waals surface area contributed by atoms with Crippen LogP contribution < -0.4 is 10.9 Å². The van der Waals surface area contributed by atoms with E-state index in [1.165, 1.54) is 34.8 Å². The zero-order chi connectivity index (χ0) is 21.4. The molecule has 3 aromatic rings. The maximum atomic E-state index is 12.6. The Morgan fingerprint density at radius 2 is 2.13 bits per heavy atom. The summed E-state index contributed by atoms with van der Waals surface area (Å²) in [7, 11) is 0. The van der Waals surface area contributed by atoms with Gasteiger partial charge in [0.15, 0.2) is 5.16 Å². The number of aryl methyl sites for hydroxylation is 3. The molecule has 0 aliphatic heterocycles. The van der Waals surface area contributed by atoms with Crippen LogP contribution in [0.15, 0.2) is 28.2 Å². The van der Waals surface area contributed by atoms with Gasteiger partial charge in [-0.1, -0.05) is 11.8 Å². The zero-order valence-corrected chi connectivity index (χ0v) is 18.1. The number of thioether (sulfide) groups is 1. The van der Waals surface area contributed by atoms with Crippen molar-refractivity contribution in [1.29, 1.82) is 0 Å². The van der Waals surface area contributed by atoms with Gasteiger partial charge in [-0.2, -0.15) is 0 Å². The number of benzene rings is 1. The summed E-state index contributed by atoms with van der Waals surface area (Å²) in [6.07, 6.45) is 4.14. The predicted molar refractivity (Wildman–Crippen MR) is 119 cm³/mol. The Kier molecular flexibility index (Phi) is 5.61. The van der Waals surface area contributed by atoms with E-state index in [4.69, 9.17) is 0 Å². The number of anilines is 1. The molecule has 0 spiro atoms. The van der Waals surface area contributed by atoms with Gasteiger partial charge in [0.1, 0.15) is 4.83 Å². The van der Waals surface area contributed by atoms with Crippen molar-refractivity contribution in [3.8, 4) is 0 Å². The number of aromatic nitrogens is 2. The molecule has 0 bridgehead atoms. The summed E-state index contributed by atoms with van der Waals surface area (Å²) in [6.45, 7) is 3.43. The Bertz CT molecular complexity index is 1220. The van der Waals surface area contributed by atoms with E-state index in [1.54, 1.807) is 25.2 Å². The van der Waals surface area contributed by atoms with Gasteiger partial charge in [0.25, 0.3) is 11.2 Å². The van der Waals surface area contributed by atoms with Crippen LogP contribution in [0, 0.1) is 17.0 Å². The molecule has 2 N–H and O–H groups in total. The number of carbonyl (C=O) groups excluding carboxylic acids is 1. The highest BCUT2D eigenvalue weighted by Crippen LogP contribution is 2.34. The van der Waals surface area contributed by atoms with Crippen molar-refractivity contribution in [3.05, 3.63) is 54.7 Å². The van der Waals surface area contributed by atoms with Crippen LogP contribution in [0.5, 0.6) is 0 Å². The SMILES string of the molecule is Cc1cc([N+](=O)[O-])ccc1NC(=O)[C@H](C)Sc1nc2sc3c(c2c(=O)[nH]1)CCCC3. The maximum Gasteiger partial charge on any atom is 0.269 e. The van der Waals surface area contributed by atoms with Gasteiger partial charge in [-0.15, -0.1) is 11.3 Å². The summed E-state index contributed by atoms with van der Waals surface area (Å²) < 4.78 is 0. The zero-order valence-electron chi connectivity index (χ0n) is 16.5. The Labute approximate surface area is 180 Å². The second kappa shape index (κ2) is 8.19. The molecule has 0 unspecified atom stereocenters. The lowest BCUT2D eigenvalue weighted by Gasteiger charge is -2.13. The summed E-state index contributed by atoms with van der Waals surface area (Å²) >= 11 is 2.75. The number of nitro benzene ring substituents is 1. The molecule has 10 heteroatoms. The highest BCUT2D eigenvalue weighted by molar-refractivity contribution is 8.00. The summed E-state index contributed by atoms with van der Waals surface area (Å²) in [4.78, 5) is 45.0. The average Bonchev–Trinajstić information content (AvgIpc) is 3.08. The van der Waals surface area contributed by atoms with E-state index in [2.05, 4.69) is 15.3 Å². The Balaban J connectivity index is 1.51. The highest BCUT2D eigenvalue weighted by Gasteiger charge is 2.22. The third-order valence-corrected chi connectivity index (χ3v) is 7.31. The number of aromatic amines is 1. The fourth-order valence-corrected chi connectivity index (χ4v) is 5.67. The topological polar surface area (TPSA) is 118 Å². The third-order valence-electron chi connectivity index (χ3n) is 5.14. The van der Waals surface area contributed by atoms with Gasteiger partial charge in [0.05, 0.1) is 15.6 Å². The molecule has 1 aliphatic rings. The number of nitrogens with one attached hydrogen (secondary N) is 2. The van der Waals surface area contributed by atoms with E-state index in [0.717, 1.165) is 36.1 Å². The number of H-pyrrole nitrogens is 1. The van der Waals surface area contributed by atoms with Crippen LogP contribution >= 0.6 is 23.1 Å². The molecule has 0 saturated carbocycles. The number of hydrogen-bond acceptors (Lipinski definition) is 7. The quantitative estimate of drug-likeness (QED) is 0.264. The average molecular weight is 445 g/mol. The second-order valence-electron chi connectivity index (χ2n) is 7.27. The summed E-state index contributed by atoms with van der Waals surface area (Å²) in [5.41, 5.74) is 2.07. The molecule has 2 aromatic heterocycles. The van der Waals surface area contributed by atoms with Gasteiger partial charge < -0.3 is 10.3 Å². The molecule has 0 fully saturated rings. The number of amides is 1. The van der Waals surface area contributed by atoms with Gasteiger partial charge >= 0.3 is 0 Å². The Hall–Kier alpha value is -2.72. The van der Waals surface area contributed by atoms with E-state index in [1.807, 2.05) is 0 Å². The maximum absolute atomic E-state index is 12.6. The Morgan fingerprint density at radius 1 is 1.37 bits per heavy atom. The molecule has 156 valence electrons. The van der Waals surface area contributed by atoms with Crippen LogP contribution in [0.3, 0.4) is 0 Å². The van der Waals surface area contributed by atoms with Crippen molar-refractivity contribution in [2.45, 2.75) is 49.9 Å². The van der Waals surface area contributed by atoms with Gasteiger partial charge in [0, 0.05) is 22.7 Å². The van der Waals surface area contributed by atoms with Crippen molar-refractivity contribution >= 4 is 50.6 Å². The summed E-state index contributed by atoms with van der Waals surface area (Å²) in [5.74, 6) is -0.273. The minimum Gasteiger partial charge on any atom is -0.325 e. The molecule has 1 aliphatic carbocycles. The fraction of sp³-hybridized carbons (Fsp3) is 0.350. The largest absolute Gasteiger partial charge is 0.325 e. The predicted octanol–water partition coefficient (Wildman–Crippen LogP) is 4.20. The van der Waals surface area contributed by atoms with Gasteiger partial charge in [-0.25, -0.2) is 4.98 Å². The lowest BCUT2D eigenvalue weighted by Crippen LogP contribution is -2.23. The van der Waals surface area contributed by atoms with Crippen LogP contribution in [0.1, 0.15) is 35.8 Å². The molecular weight excluding hydrogens is 424 g/mol. The molecule has 8 nitrogen and oxygen atoms in total. The minimum absolute atomic E-state index is 0.0263. The number of non-ortho nitro benzene ring substituents is 1. The molecule has 1 atom stereocenters. The first-order chi connectivity index (χ1) is 14.3. The number of hydrogen-bond donors (Lipinski definition) is 2. The monoisotopic (exact) mass is 444 g/mol. The molecule has 0 saturated heterocycles. The molecule has 2 heterocycles. The molecule has 1 aromatic carbocycles. The first kappa shape index (κ1) is 20.5. The van der Waals surface area contributed by atoms with Crippen molar-refractivity contribution in [2.75, 3.05) is 5.32 Å². The van der Waals surface area contributed by atoms with E-state index in [9.17, 15) is 19.7 Å². The number of thiophene rings is 1. The number of fused-ring (bicyclic) bond motifs is 3. The number of nitrogens with zero attached hydrogens (tertiary/aromatic N) is 2. The minimum atomic E-state index is -0.519. The van der Waals surface area contributed by atoms with Crippen LogP contribution in [0.4, 0.5) is 11.4 Å². The van der Waals surface area contributed by atoms with Crippen LogP contribution in [0.25, 0.3) is 10.2 Å². The lowest BCUT2D eigenvalue weighted by molar-refractivity contribution is -0.384. The lowest BCUT2D eigenvalue weighted by atomic mass is 9.97. The fourth-order valence-electron chi connectivity index (χ4n) is 3.56. The first-order valence-electron chi connectivity index (χ1n) is 9.60. The van der Waals surface area contributed by atoms with Crippen molar-refractivity contribution in [2.24, 2.45) is 0 Å². The van der Waals surface area contributed by atoms with Gasteiger partial charge in [-0.3, -0.25) is 19.7 Å². The number of nitro groups is 1. The van der Waals surface area contributed by atoms with Gasteiger partial charge in [-0.05, 0) is 56.7 Å². The summed E-state index contributed by atoms with van der Waals surface area (Å²) in [6, 6.07) is 4.29. The van der Waals surface area contributed by atoms with Crippen molar-refractivity contribution in [1.82, 2.24) is 9.97 Å². The summed E-state index contributed by atoms with van der Waals surface area (Å²) in [5, 5.41) is 14.2. The van der Waals surface area contributed by atoms with E-state index < -0.39 is 10.2 Å². The molecule has 30 heavy (non-hydrogen) atoms. The second-order valence-corrected chi connectivity index (χ2v) is 9.68. The van der Waals surface area contributed by atoms with Crippen LogP contribution in [-0.2, 0) is 17.6 Å². The van der Waals surface area contributed by atoms with Crippen LogP contribution in [-0.4, -0.2) is 26.0 Å². The Morgan fingerprint density at radius 3 is 2.87 bits per heavy atom. The number of rotatable bonds is 5.